The van der Waals surface area contributed by atoms with Crippen LogP contribution in [0.1, 0.15) is 44.4 Å². The summed E-state index contributed by atoms with van der Waals surface area (Å²) in [5.74, 6) is -0.0625. The summed E-state index contributed by atoms with van der Waals surface area (Å²) in [6, 6.07) is 116. The van der Waals surface area contributed by atoms with E-state index >= 15 is 0 Å². The van der Waals surface area contributed by atoms with Crippen LogP contribution in [0.15, 0.2) is 362 Å². The molecule has 10 aromatic carbocycles. The normalized spacial score (nSPS) is 11.7. The Morgan fingerprint density at radius 2 is 1.09 bits per heavy atom. The number of aromatic nitrogens is 6. The van der Waals surface area contributed by atoms with Crippen LogP contribution in [0, 0.1) is 62.1 Å². The minimum absolute atomic E-state index is 0. The van der Waals surface area contributed by atoms with Gasteiger partial charge < -0.3 is 58.6 Å². The second-order valence-corrected chi connectivity index (χ2v) is 28.4. The van der Waals surface area contributed by atoms with Crippen LogP contribution in [0.3, 0.4) is 0 Å². The zero-order valence-corrected chi connectivity index (χ0v) is 85.7. The first kappa shape index (κ1) is 105. The van der Waals surface area contributed by atoms with Gasteiger partial charge in [-0.25, -0.2) is 17.4 Å². The monoisotopic (exact) mass is 2930 g/mol. The largest absolute Gasteiger partial charge is 0.514 e. The fraction of sp³-hybridized carbons (Fsp3) is 0.0784. The topological polar surface area (TPSA) is 133 Å². The van der Waals surface area contributed by atoms with E-state index in [9.17, 15) is 18.0 Å². The van der Waals surface area contributed by atoms with Crippen molar-refractivity contribution < 1.29 is 169 Å². The van der Waals surface area contributed by atoms with Gasteiger partial charge in [0.25, 0.3) is 0 Å². The smallest absolute Gasteiger partial charge is 0.381 e. The predicted octanol–water partition coefficient (Wildman–Crippen LogP) is 24.7. The Labute approximate surface area is 833 Å². The number of fused-ring (bicyclic) bond motifs is 7. The van der Waals surface area contributed by atoms with Crippen LogP contribution >= 0.6 is 11.3 Å². The number of hydrogen-bond donors (Lipinski definition) is 1. The zero-order chi connectivity index (χ0) is 82.9. The first-order valence-electron chi connectivity index (χ1n) is 37.9. The molecule has 7 aromatic heterocycles. The van der Waals surface area contributed by atoms with Crippen molar-refractivity contribution in [3.05, 3.63) is 437 Å². The molecular weight excluding hydrogens is 2850 g/mol. The number of aliphatic hydroxyl groups excluding tert-OH is 1. The summed E-state index contributed by atoms with van der Waals surface area (Å²) in [5, 5.41) is 12.6. The standard InChI is InChI=1S/C18H14N2.C17H12N.C16H12N2O.C14H12N2.C12H7F3N.C11H8N.C9H6NS.C5H8O2.6Ir.Pt/c1-18(2)16-6-4-3-5-14(16)15-8-7-13(11-17(15)18)20-10-9-19-12-20;1-2-7-14(8-3-1)15-9-6-10-16(13-15)17-11-4-5-12-18-17;1-17-9-10-18(11-17)14-7-4-6-13-12-5-2-3-8-15(12)19-16(13)14;1-15-11-16(12-7-3-2-4-8-12)14-10-6-5-9-13(14)15;13-12(14,15)10-6-4-9(5-7-10)11-3-1-2-8-16-11;1-2-6-10(7-3-1)11-8-4-5-9-12-11;1-2-6-10-8(4-1)9-5-3-7-11-9;1-4(6)3-5(2)7;;;;;;;/h3-6,8-11H,1-2H3;1-9,11-13H;2-6,8-11H,1H3;2-7,9-11H,1H3;1-4,6-8H;1-6,8-9H;1-4,6-7H;3,6H,1-2H3;;;;;;;/q-2;-1;2*-2;3*-1;;;;;;;;. The second-order valence-electron chi connectivity index (χ2n) is 27.5. The van der Waals surface area contributed by atoms with Gasteiger partial charge in [0.1, 0.15) is 5.58 Å². The SMILES string of the molecule is CC(=O)C=C(C)O.CC1(C)c2ccccc2-c2c[c-]c(-n3[c-]ncc3)cc21.CN1C=CN(c2[c-]ccc3c2oc2ccccc23)[CH-]1.CN1[CH-]N(c2[c-]cccc2)c2ccccc21.FC(F)(F)c1c[c-]c(-c2ccccn2)cc1.[Ir].[Ir].[Ir].[Ir].[Ir].[Ir].[Pt].[c-]1ccc(-c2ccccc2)cc1-c1ccccn1.[c-]1ccccc1-c1ccccn1.[c-]1ccsc1-c1ccccn1. The number of allylic oxidation sites excluding steroid dienone is 2. The number of carbonyl (C=O) groups excluding carboxylic acids is 1. The number of hydrogen-bond acceptors (Lipinski definition) is 13. The molecule has 20 rings (SSSR count). The van der Waals surface area contributed by atoms with E-state index in [0.717, 1.165) is 84.2 Å². The average molecular weight is 2930 g/mol. The van der Waals surface area contributed by atoms with Crippen molar-refractivity contribution in [1.82, 2.24) is 34.4 Å². The first-order valence-corrected chi connectivity index (χ1v) is 38.8. The van der Waals surface area contributed by atoms with Gasteiger partial charge in [0.05, 0.1) is 5.76 Å². The van der Waals surface area contributed by atoms with E-state index < -0.39 is 11.7 Å². The van der Waals surface area contributed by atoms with Gasteiger partial charge in [-0.2, -0.15) is 105 Å². The molecule has 13 nitrogen and oxygen atoms in total. The van der Waals surface area contributed by atoms with Crippen LogP contribution in [0.25, 0.3) is 94.2 Å². The van der Waals surface area contributed by atoms with Crippen molar-refractivity contribution >= 4 is 61.8 Å². The Bertz CT molecular complexity index is 6050. The molecule has 9 heterocycles. The molecule has 24 heteroatoms. The average Bonchev–Trinajstić information content (AvgIpc) is 1.58. The van der Waals surface area contributed by atoms with Crippen LogP contribution < -0.4 is 14.7 Å². The third-order valence-electron chi connectivity index (χ3n) is 18.7. The number of thiophene rings is 1. The Balaban J connectivity index is 0.000000224. The molecule has 0 spiro atoms. The molecule has 0 saturated heterocycles. The van der Waals surface area contributed by atoms with Crippen molar-refractivity contribution in [1.29, 1.82) is 0 Å². The summed E-state index contributed by atoms with van der Waals surface area (Å²) >= 11 is 1.66. The van der Waals surface area contributed by atoms with Gasteiger partial charge in [-0.3, -0.25) is 4.79 Å². The molecule has 6 radical (unpaired) electrons. The molecule has 3 aliphatic rings. The van der Waals surface area contributed by atoms with Crippen molar-refractivity contribution in [3.63, 3.8) is 0 Å². The number of aliphatic hydroxyl groups is 1. The minimum atomic E-state index is -4.32. The van der Waals surface area contributed by atoms with Crippen molar-refractivity contribution in [3.8, 4) is 72.3 Å². The number of benzene rings is 10. The third-order valence-corrected chi connectivity index (χ3v) is 19.5. The molecule has 17 aromatic rings. The van der Waals surface area contributed by atoms with Gasteiger partial charge in [0, 0.05) is 201 Å². The number of pyridine rings is 4. The number of rotatable bonds is 9. The van der Waals surface area contributed by atoms with Crippen LogP contribution in [-0.4, -0.2) is 59.4 Å². The molecule has 0 unspecified atom stereocenters. The number of para-hydroxylation sites is 4. The maximum Gasteiger partial charge on any atom is 0.381 e. The van der Waals surface area contributed by atoms with Crippen molar-refractivity contribution in [2.75, 3.05) is 28.8 Å². The molecular formula is C102H79F3Ir6N10O3PtS-10. The van der Waals surface area contributed by atoms with Gasteiger partial charge in [0.15, 0.2) is 5.78 Å². The summed E-state index contributed by atoms with van der Waals surface area (Å²) in [6.45, 7) is 11.5. The molecule has 0 atom stereocenters. The van der Waals surface area contributed by atoms with E-state index in [1.807, 2.05) is 210 Å². The van der Waals surface area contributed by atoms with Crippen molar-refractivity contribution in [2.45, 2.75) is 39.3 Å². The maximum absolute atomic E-state index is 12.3. The number of ketones is 1. The number of nitrogens with zero attached hydrogens (tertiary/aromatic N) is 10. The Kier molecular flexibility index (Phi) is 43.0. The number of imidazole rings is 1. The van der Waals surface area contributed by atoms with Gasteiger partial charge >= 0.3 is 6.18 Å². The van der Waals surface area contributed by atoms with E-state index in [2.05, 4.69) is 208 Å². The summed E-state index contributed by atoms with van der Waals surface area (Å²) < 4.78 is 44.7. The number of carbonyl (C=O) groups is 1. The number of halogens is 3. The van der Waals surface area contributed by atoms with E-state index in [1.54, 1.807) is 60.5 Å². The molecule has 0 bridgehead atoms. The van der Waals surface area contributed by atoms with Crippen LogP contribution in [0.4, 0.5) is 35.9 Å². The molecule has 0 fully saturated rings. The molecule has 0 saturated carbocycles. The Morgan fingerprint density at radius 1 is 0.500 bits per heavy atom. The first-order chi connectivity index (χ1) is 57.9. The number of alkyl halides is 3. The van der Waals surface area contributed by atoms with E-state index in [0.29, 0.717) is 11.3 Å². The summed E-state index contributed by atoms with van der Waals surface area (Å²) in [6.07, 6.45) is 14.4. The summed E-state index contributed by atoms with van der Waals surface area (Å²) in [4.78, 5) is 40.2. The summed E-state index contributed by atoms with van der Waals surface area (Å²) in [5.41, 5.74) is 20.4. The maximum atomic E-state index is 12.3. The predicted molar refractivity (Wildman–Crippen MR) is 471 cm³/mol. The third kappa shape index (κ3) is 28.3. The molecule has 2 aliphatic heterocycles. The van der Waals surface area contributed by atoms with Gasteiger partial charge in [-0.15, -0.1) is 123 Å². The van der Waals surface area contributed by atoms with Gasteiger partial charge in [0.2, 0.25) is 0 Å². The van der Waals surface area contributed by atoms with E-state index in [4.69, 9.17) is 9.52 Å². The minimum Gasteiger partial charge on any atom is -0.514 e. The van der Waals surface area contributed by atoms with Crippen LogP contribution in [-0.2, 0) is 158 Å². The molecule has 1 aliphatic carbocycles. The number of anilines is 4. The number of furan rings is 1. The zero-order valence-electron chi connectivity index (χ0n) is 68.2. The van der Waals surface area contributed by atoms with E-state index in [1.165, 1.54) is 70.7 Å². The summed E-state index contributed by atoms with van der Waals surface area (Å²) in [7, 11) is 4.05. The molecule has 126 heavy (non-hydrogen) atoms. The molecule has 656 valence electrons. The Hall–Kier alpha value is -9.97. The van der Waals surface area contributed by atoms with Crippen molar-refractivity contribution in [2.24, 2.45) is 0 Å². The van der Waals surface area contributed by atoms with Gasteiger partial charge in [-0.05, 0) is 128 Å². The van der Waals surface area contributed by atoms with E-state index in [-0.39, 0.29) is 159 Å². The van der Waals surface area contributed by atoms with Gasteiger partial charge in [-0.1, -0.05) is 181 Å². The fourth-order valence-corrected chi connectivity index (χ4v) is 13.7. The quantitative estimate of drug-likeness (QED) is 0.0838. The van der Waals surface area contributed by atoms with Crippen LogP contribution in [0.2, 0.25) is 0 Å². The second kappa shape index (κ2) is 51.7. The molecule has 1 N–H and O–H groups in total. The molecule has 0 amide bonds. The van der Waals surface area contributed by atoms with Crippen LogP contribution in [0.5, 0.6) is 0 Å². The Morgan fingerprint density at radius 3 is 1.65 bits per heavy atom. The fourth-order valence-electron chi connectivity index (χ4n) is 13.0.